The lowest BCUT2D eigenvalue weighted by Gasteiger charge is -2.26. The average Bonchev–Trinajstić information content (AvgIpc) is 3.03. The van der Waals surface area contributed by atoms with Crippen LogP contribution in [0.15, 0.2) is 48.8 Å². The average molecular weight is 391 g/mol. The summed E-state index contributed by atoms with van der Waals surface area (Å²) in [5.41, 5.74) is 0.901. The van der Waals surface area contributed by atoms with Gasteiger partial charge in [-0.2, -0.15) is 0 Å². The number of benzene rings is 2. The van der Waals surface area contributed by atoms with Crippen LogP contribution in [0, 0.1) is 10.1 Å². The molecule has 0 atom stereocenters. The summed E-state index contributed by atoms with van der Waals surface area (Å²) < 4.78 is 0. The van der Waals surface area contributed by atoms with Gasteiger partial charge in [-0.25, -0.2) is 9.97 Å². The van der Waals surface area contributed by atoms with Gasteiger partial charge in [0.15, 0.2) is 0 Å². The van der Waals surface area contributed by atoms with Crippen LogP contribution < -0.4 is 9.80 Å². The zero-order valence-electron chi connectivity index (χ0n) is 16.6. The van der Waals surface area contributed by atoms with Crippen LogP contribution in [-0.2, 0) is 0 Å². The molecule has 0 bridgehead atoms. The first kappa shape index (κ1) is 19.1. The van der Waals surface area contributed by atoms with Crippen molar-refractivity contribution in [2.24, 2.45) is 0 Å². The summed E-state index contributed by atoms with van der Waals surface area (Å²) in [6, 6.07) is 14.1. The van der Waals surface area contributed by atoms with Gasteiger partial charge in [-0.05, 0) is 31.2 Å². The number of hydrogen-bond acceptors (Lipinski definition) is 6. The lowest BCUT2D eigenvalue weighted by molar-refractivity contribution is -0.383. The first-order valence-corrected chi connectivity index (χ1v) is 10.2. The Kier molecular flexibility index (Phi) is 5.55. The summed E-state index contributed by atoms with van der Waals surface area (Å²) in [7, 11) is 0. The maximum absolute atomic E-state index is 12.2. The van der Waals surface area contributed by atoms with Crippen molar-refractivity contribution in [2.75, 3.05) is 29.4 Å². The highest BCUT2D eigenvalue weighted by Gasteiger charge is 2.31. The molecule has 0 spiro atoms. The number of aromatic nitrogens is 2. The van der Waals surface area contributed by atoms with E-state index in [2.05, 4.69) is 9.97 Å². The molecule has 0 saturated carbocycles. The third-order valence-electron chi connectivity index (χ3n) is 5.50. The Bertz CT molecular complexity index is 1010. The molecule has 1 aromatic heterocycles. The minimum Gasteiger partial charge on any atom is -0.351 e. The van der Waals surface area contributed by atoms with E-state index >= 15 is 0 Å². The minimum absolute atomic E-state index is 0.0100. The molecular formula is C22H25N5O2. The van der Waals surface area contributed by atoms with E-state index in [0.29, 0.717) is 18.2 Å². The van der Waals surface area contributed by atoms with E-state index in [1.165, 1.54) is 6.33 Å². The molecule has 1 fully saturated rings. The molecule has 4 rings (SSSR count). The molecule has 0 unspecified atom stereocenters. The maximum atomic E-state index is 12.2. The van der Waals surface area contributed by atoms with Crippen molar-refractivity contribution in [1.29, 1.82) is 0 Å². The molecule has 0 aliphatic carbocycles. The predicted molar refractivity (Wildman–Crippen MR) is 116 cm³/mol. The van der Waals surface area contributed by atoms with Crippen molar-refractivity contribution in [3.63, 3.8) is 0 Å². The molecule has 7 heteroatoms. The van der Waals surface area contributed by atoms with Crippen LogP contribution >= 0.6 is 0 Å². The quantitative estimate of drug-likeness (QED) is 0.446. The monoisotopic (exact) mass is 391 g/mol. The van der Waals surface area contributed by atoms with Gasteiger partial charge in [0.1, 0.15) is 6.33 Å². The van der Waals surface area contributed by atoms with Gasteiger partial charge in [0, 0.05) is 25.0 Å². The predicted octanol–water partition coefficient (Wildman–Crippen LogP) is 5.08. The van der Waals surface area contributed by atoms with E-state index in [1.54, 1.807) is 0 Å². The normalized spacial score (nSPS) is 14.6. The molecule has 1 aliphatic rings. The Morgan fingerprint density at radius 2 is 1.76 bits per heavy atom. The summed E-state index contributed by atoms with van der Waals surface area (Å²) in [5, 5.41) is 14.3. The standard InChI is InChI=1S/C22H25N5O2/c1-2-26(19-13-9-11-17-10-5-6-12-18(17)19)22-20(27(28)29)21(23-16-24-22)25-14-7-3-4-8-15-25/h5-6,9-13,16H,2-4,7-8,14-15H2,1H3. The van der Waals surface area contributed by atoms with E-state index < -0.39 is 0 Å². The highest BCUT2D eigenvalue weighted by atomic mass is 16.6. The molecule has 2 aromatic carbocycles. The summed E-state index contributed by atoms with van der Waals surface area (Å²) in [6.07, 6.45) is 5.81. The van der Waals surface area contributed by atoms with Gasteiger partial charge in [-0.1, -0.05) is 49.2 Å². The van der Waals surface area contributed by atoms with Gasteiger partial charge >= 0.3 is 5.69 Å². The van der Waals surface area contributed by atoms with Crippen molar-refractivity contribution in [2.45, 2.75) is 32.6 Å². The Morgan fingerprint density at radius 3 is 2.48 bits per heavy atom. The van der Waals surface area contributed by atoms with E-state index in [1.807, 2.05) is 59.2 Å². The Labute approximate surface area is 170 Å². The maximum Gasteiger partial charge on any atom is 0.353 e. The second kappa shape index (κ2) is 8.43. The Hall–Kier alpha value is -3.22. The Morgan fingerprint density at radius 1 is 1.03 bits per heavy atom. The largest absolute Gasteiger partial charge is 0.353 e. The van der Waals surface area contributed by atoms with Crippen molar-refractivity contribution >= 4 is 33.8 Å². The highest BCUT2D eigenvalue weighted by molar-refractivity contribution is 5.96. The molecule has 1 saturated heterocycles. The summed E-state index contributed by atoms with van der Waals surface area (Å²) in [6.45, 7) is 4.12. The van der Waals surface area contributed by atoms with Crippen molar-refractivity contribution in [3.8, 4) is 0 Å². The van der Waals surface area contributed by atoms with Gasteiger partial charge < -0.3 is 9.80 Å². The number of hydrogen-bond donors (Lipinski definition) is 0. The van der Waals surface area contributed by atoms with Gasteiger partial charge in [-0.15, -0.1) is 0 Å². The molecule has 0 amide bonds. The number of rotatable bonds is 5. The van der Waals surface area contributed by atoms with Gasteiger partial charge in [0.05, 0.1) is 10.6 Å². The fraction of sp³-hybridized carbons (Fsp3) is 0.364. The molecule has 7 nitrogen and oxygen atoms in total. The summed E-state index contributed by atoms with van der Waals surface area (Å²) in [5.74, 6) is 0.781. The molecular weight excluding hydrogens is 366 g/mol. The number of nitrogens with zero attached hydrogens (tertiary/aromatic N) is 5. The lowest BCUT2D eigenvalue weighted by Crippen LogP contribution is -2.27. The molecule has 1 aliphatic heterocycles. The second-order valence-corrected chi connectivity index (χ2v) is 7.27. The van der Waals surface area contributed by atoms with Crippen LogP contribution in [0.1, 0.15) is 32.6 Å². The molecule has 150 valence electrons. The van der Waals surface area contributed by atoms with Gasteiger partial charge in [0.25, 0.3) is 0 Å². The molecule has 0 radical (unpaired) electrons. The van der Waals surface area contributed by atoms with Crippen LogP contribution in [0.2, 0.25) is 0 Å². The van der Waals surface area contributed by atoms with Gasteiger partial charge in [0.2, 0.25) is 11.6 Å². The van der Waals surface area contributed by atoms with Crippen molar-refractivity contribution in [3.05, 3.63) is 58.9 Å². The molecule has 29 heavy (non-hydrogen) atoms. The third-order valence-corrected chi connectivity index (χ3v) is 5.50. The first-order valence-electron chi connectivity index (χ1n) is 10.2. The summed E-state index contributed by atoms with van der Waals surface area (Å²) in [4.78, 5) is 24.5. The highest BCUT2D eigenvalue weighted by Crippen LogP contribution is 2.40. The van der Waals surface area contributed by atoms with E-state index in [0.717, 1.165) is 55.2 Å². The molecule has 2 heterocycles. The molecule has 0 N–H and O–H groups in total. The fourth-order valence-electron chi connectivity index (χ4n) is 4.11. The van der Waals surface area contributed by atoms with Crippen LogP contribution in [0.3, 0.4) is 0 Å². The first-order chi connectivity index (χ1) is 14.2. The van der Waals surface area contributed by atoms with Crippen LogP contribution in [0.25, 0.3) is 10.8 Å². The third kappa shape index (κ3) is 3.72. The zero-order valence-corrected chi connectivity index (χ0v) is 16.6. The van der Waals surface area contributed by atoms with E-state index in [9.17, 15) is 10.1 Å². The van der Waals surface area contributed by atoms with Gasteiger partial charge in [-0.3, -0.25) is 10.1 Å². The van der Waals surface area contributed by atoms with Crippen molar-refractivity contribution in [1.82, 2.24) is 9.97 Å². The van der Waals surface area contributed by atoms with Crippen LogP contribution in [-0.4, -0.2) is 34.5 Å². The minimum atomic E-state index is -0.330. The topological polar surface area (TPSA) is 75.4 Å². The number of anilines is 3. The Balaban J connectivity index is 1.86. The second-order valence-electron chi connectivity index (χ2n) is 7.27. The summed E-state index contributed by atoms with van der Waals surface area (Å²) >= 11 is 0. The van der Waals surface area contributed by atoms with Crippen LogP contribution in [0.4, 0.5) is 23.0 Å². The van der Waals surface area contributed by atoms with Crippen LogP contribution in [0.5, 0.6) is 0 Å². The van der Waals surface area contributed by atoms with E-state index in [4.69, 9.17) is 0 Å². The molecule has 3 aromatic rings. The van der Waals surface area contributed by atoms with E-state index in [-0.39, 0.29) is 10.6 Å². The zero-order chi connectivity index (χ0) is 20.2. The lowest BCUT2D eigenvalue weighted by atomic mass is 10.1. The number of nitro groups is 1. The SMILES string of the molecule is CCN(c1ncnc(N2CCCCCC2)c1[N+](=O)[O-])c1cccc2ccccc12. The van der Waals surface area contributed by atoms with Crippen molar-refractivity contribution < 1.29 is 4.92 Å². The number of fused-ring (bicyclic) bond motifs is 1. The smallest absolute Gasteiger partial charge is 0.351 e. The fourth-order valence-corrected chi connectivity index (χ4v) is 4.11.